The van der Waals surface area contributed by atoms with Crippen LogP contribution in [0.25, 0.3) is 0 Å². The van der Waals surface area contributed by atoms with Crippen molar-refractivity contribution in [2.45, 2.75) is 18.0 Å². The fourth-order valence-electron chi connectivity index (χ4n) is 3.38. The molecule has 1 aliphatic heterocycles. The van der Waals surface area contributed by atoms with Crippen molar-refractivity contribution < 1.29 is 16.9 Å². The maximum absolute atomic E-state index is 13.5. The maximum atomic E-state index is 13.5. The molecule has 4 rings (SSSR count). The Bertz CT molecular complexity index is 1370. The van der Waals surface area contributed by atoms with Crippen LogP contribution in [0.5, 0.6) is 0 Å². The van der Waals surface area contributed by atoms with Gasteiger partial charge in [-0.2, -0.15) is 18.5 Å². The van der Waals surface area contributed by atoms with Crippen LogP contribution in [-0.2, 0) is 34.9 Å². The van der Waals surface area contributed by atoms with Gasteiger partial charge >= 0.3 is 10.2 Å². The molecule has 1 aliphatic rings. The third-order valence-corrected chi connectivity index (χ3v) is 7.55. The molecular weight excluding hydrogens is 480 g/mol. The summed E-state index contributed by atoms with van der Waals surface area (Å²) in [6.45, 7) is 4.29. The van der Waals surface area contributed by atoms with Gasteiger partial charge in [0.15, 0.2) is 11.6 Å². The second-order valence-corrected chi connectivity index (χ2v) is 12.5. The Balaban J connectivity index is 1.68. The number of halogens is 2. The fourth-order valence-corrected chi connectivity index (χ4v) is 5.25. The number of rotatable bonds is 6. The molecule has 0 amide bonds. The molecule has 3 aromatic rings. The number of hydrogen-bond donors (Lipinski definition) is 3. The highest BCUT2D eigenvalue weighted by Crippen LogP contribution is 2.40. The summed E-state index contributed by atoms with van der Waals surface area (Å²) in [4.78, 5) is 7.98. The van der Waals surface area contributed by atoms with Crippen LogP contribution in [0.15, 0.2) is 29.3 Å². The van der Waals surface area contributed by atoms with Gasteiger partial charge in [-0.1, -0.05) is 11.6 Å². The second-order valence-electron chi connectivity index (χ2n) is 7.61. The summed E-state index contributed by atoms with van der Waals surface area (Å²) in [5, 5.41) is 14.1. The molecule has 0 unspecified atom stereocenters. The lowest BCUT2D eigenvalue weighted by Gasteiger charge is -2.16. The first-order chi connectivity index (χ1) is 14.9. The van der Waals surface area contributed by atoms with E-state index in [0.717, 1.165) is 29.9 Å². The van der Waals surface area contributed by atoms with Gasteiger partial charge in [-0.25, -0.2) is 4.98 Å². The summed E-state index contributed by atoms with van der Waals surface area (Å²) in [5.74, 6) is 1.04. The van der Waals surface area contributed by atoms with Gasteiger partial charge in [0.1, 0.15) is 12.2 Å². The molecule has 3 heterocycles. The Labute approximate surface area is 189 Å². The van der Waals surface area contributed by atoms with Gasteiger partial charge in [-0.05, 0) is 31.5 Å². The van der Waals surface area contributed by atoms with Gasteiger partial charge in [-0.3, -0.25) is 4.68 Å². The van der Waals surface area contributed by atoms with E-state index in [9.17, 15) is 16.9 Å². The van der Waals surface area contributed by atoms with Gasteiger partial charge in [0.2, 0.25) is 5.95 Å². The predicted molar refractivity (Wildman–Crippen MR) is 121 cm³/mol. The molecular formula is C18H20ClFN7O3PS. The van der Waals surface area contributed by atoms with Crippen LogP contribution < -0.4 is 21.3 Å². The third kappa shape index (κ3) is 4.49. The minimum Gasteiger partial charge on any atom is -0.338 e. The van der Waals surface area contributed by atoms with Gasteiger partial charge in [0.25, 0.3) is 0 Å². The molecule has 2 aromatic heterocycles. The number of nitrogens with zero attached hydrogens (tertiary/aromatic N) is 4. The van der Waals surface area contributed by atoms with E-state index in [1.165, 1.54) is 25.6 Å². The van der Waals surface area contributed by atoms with Crippen molar-refractivity contribution >= 4 is 57.5 Å². The summed E-state index contributed by atoms with van der Waals surface area (Å²) in [6.07, 6.45) is 1.39. The Kier molecular flexibility index (Phi) is 5.74. The largest absolute Gasteiger partial charge is 0.338 e. The molecule has 170 valence electrons. The molecule has 32 heavy (non-hydrogen) atoms. The van der Waals surface area contributed by atoms with E-state index < -0.39 is 22.3 Å². The van der Waals surface area contributed by atoms with Gasteiger partial charge in [0.05, 0.1) is 22.5 Å². The highest BCUT2D eigenvalue weighted by atomic mass is 35.5. The number of anilines is 4. The molecule has 3 N–H and O–H groups in total. The van der Waals surface area contributed by atoms with Crippen LogP contribution in [0.2, 0.25) is 5.02 Å². The average Bonchev–Trinajstić information content (AvgIpc) is 3.28. The first-order valence-electron chi connectivity index (χ1n) is 9.40. The van der Waals surface area contributed by atoms with Crippen LogP contribution in [-0.4, -0.2) is 41.5 Å². The number of benzene rings is 1. The lowest BCUT2D eigenvalue weighted by molar-refractivity contribution is 0.552. The summed E-state index contributed by atoms with van der Waals surface area (Å²) < 4.78 is 50.6. The van der Waals surface area contributed by atoms with Crippen molar-refractivity contribution in [1.82, 2.24) is 25.1 Å². The zero-order valence-electron chi connectivity index (χ0n) is 17.3. The van der Waals surface area contributed by atoms with Crippen molar-refractivity contribution in [2.75, 3.05) is 24.0 Å². The fraction of sp³-hybridized carbons (Fsp3) is 0.278. The highest BCUT2D eigenvalue weighted by molar-refractivity contribution is 7.86. The van der Waals surface area contributed by atoms with Gasteiger partial charge in [0, 0.05) is 31.0 Å². The zero-order chi connectivity index (χ0) is 23.3. The predicted octanol–water partition coefficient (Wildman–Crippen LogP) is 2.86. The number of hydrogen-bond acceptors (Lipinski definition) is 9. The van der Waals surface area contributed by atoms with E-state index in [1.807, 2.05) is 7.05 Å². The first kappa shape index (κ1) is 22.7. The van der Waals surface area contributed by atoms with E-state index >= 15 is 0 Å². The van der Waals surface area contributed by atoms with Crippen molar-refractivity contribution in [1.29, 1.82) is 0 Å². The van der Waals surface area contributed by atoms with Crippen LogP contribution in [0.4, 0.5) is 27.2 Å². The SMILES string of the molecule is Cn1nc(Nc2ncc(Cl)c(Nc3ccc(S(=O)(=O)F)cc3P(C)(C)=O)n2)c2c1CNC2. The molecule has 0 aliphatic carbocycles. The molecule has 10 nitrogen and oxygen atoms in total. The van der Waals surface area contributed by atoms with Crippen LogP contribution in [0, 0.1) is 0 Å². The van der Waals surface area contributed by atoms with Crippen molar-refractivity contribution in [3.63, 3.8) is 0 Å². The third-order valence-electron chi connectivity index (χ3n) is 4.93. The molecule has 0 atom stereocenters. The first-order valence-corrected chi connectivity index (χ1v) is 13.8. The van der Waals surface area contributed by atoms with E-state index in [2.05, 4.69) is 31.0 Å². The summed E-state index contributed by atoms with van der Waals surface area (Å²) in [5.41, 5.74) is 2.37. The normalized spacial score (nSPS) is 13.8. The molecule has 0 radical (unpaired) electrons. The summed E-state index contributed by atoms with van der Waals surface area (Å²) >= 11 is 6.25. The monoisotopic (exact) mass is 499 g/mol. The van der Waals surface area contributed by atoms with Crippen molar-refractivity contribution in [3.05, 3.63) is 40.7 Å². The number of aryl methyl sites for hydroxylation is 1. The van der Waals surface area contributed by atoms with E-state index in [-0.39, 0.29) is 22.1 Å². The minimum absolute atomic E-state index is 0.147. The zero-order valence-corrected chi connectivity index (χ0v) is 19.8. The lowest BCUT2D eigenvalue weighted by atomic mass is 10.3. The molecule has 0 saturated heterocycles. The highest BCUT2D eigenvalue weighted by Gasteiger charge is 2.23. The summed E-state index contributed by atoms with van der Waals surface area (Å²) in [6, 6.07) is 3.45. The van der Waals surface area contributed by atoms with Gasteiger partial charge < -0.3 is 20.5 Å². The van der Waals surface area contributed by atoms with E-state index in [0.29, 0.717) is 18.1 Å². The Morgan fingerprint density at radius 3 is 2.66 bits per heavy atom. The van der Waals surface area contributed by atoms with E-state index in [1.54, 1.807) is 4.68 Å². The smallest absolute Gasteiger partial charge is 0.332 e. The van der Waals surface area contributed by atoms with Gasteiger partial charge in [-0.15, -0.1) is 3.89 Å². The lowest BCUT2D eigenvalue weighted by Crippen LogP contribution is -2.13. The molecule has 0 saturated carbocycles. The Morgan fingerprint density at radius 1 is 1.22 bits per heavy atom. The number of aromatic nitrogens is 4. The van der Waals surface area contributed by atoms with Crippen molar-refractivity contribution in [3.8, 4) is 0 Å². The van der Waals surface area contributed by atoms with Crippen LogP contribution in [0.3, 0.4) is 0 Å². The topological polar surface area (TPSA) is 131 Å². The molecule has 0 fully saturated rings. The molecule has 14 heteroatoms. The van der Waals surface area contributed by atoms with E-state index in [4.69, 9.17) is 11.6 Å². The molecule has 0 spiro atoms. The molecule has 1 aromatic carbocycles. The number of fused-ring (bicyclic) bond motifs is 1. The molecule has 0 bridgehead atoms. The van der Waals surface area contributed by atoms with Crippen molar-refractivity contribution in [2.24, 2.45) is 7.05 Å². The average molecular weight is 500 g/mol. The Hall–Kier alpha value is -2.53. The van der Waals surface area contributed by atoms with Crippen LogP contribution >= 0.6 is 18.7 Å². The van der Waals surface area contributed by atoms with Crippen LogP contribution in [0.1, 0.15) is 11.3 Å². The maximum Gasteiger partial charge on any atom is 0.332 e. The number of nitrogens with one attached hydrogen (secondary N) is 3. The second kappa shape index (κ2) is 8.11. The Morgan fingerprint density at radius 2 is 1.97 bits per heavy atom. The quantitative estimate of drug-likeness (QED) is 0.346. The standard InChI is InChI=1S/C18H20ClFN7O3PS/c1-27-14-9-21-7-11(14)16(26-27)24-18-22-8-12(19)17(25-18)23-13-5-4-10(32(20,29)30)6-15(13)31(2,3)28/h4-6,8,21H,7,9H2,1-3H3,(H2,22,23,24,25,26). The summed E-state index contributed by atoms with van der Waals surface area (Å²) in [7, 11) is -6.09. The minimum atomic E-state index is -4.95.